The maximum Gasteiger partial charge on any atom is 0.349 e. The molecule has 7 heteroatoms. The van der Waals surface area contributed by atoms with E-state index in [1.165, 1.54) is 30.4 Å². The molecule has 1 N–H and O–H groups in total. The number of benzene rings is 2. The molecule has 4 nitrogen and oxygen atoms in total. The number of carbonyl (C=O) groups is 2. The zero-order valence-corrected chi connectivity index (χ0v) is 14.7. The Morgan fingerprint density at radius 1 is 1.20 bits per heavy atom. The average Bonchev–Trinajstić information content (AvgIpc) is 3.01. The lowest BCUT2D eigenvalue weighted by atomic mass is 10.2. The molecule has 128 valence electrons. The maximum absolute atomic E-state index is 13.0. The van der Waals surface area contributed by atoms with E-state index in [4.69, 9.17) is 16.3 Å². The van der Waals surface area contributed by atoms with E-state index >= 15 is 0 Å². The van der Waals surface area contributed by atoms with Gasteiger partial charge in [0.25, 0.3) is 5.91 Å². The van der Waals surface area contributed by atoms with E-state index < -0.39 is 23.8 Å². The SMILES string of the molecule is C[C@@H](OC(=O)c1cc2ccccc2s1)C(=O)Nc1ccc(F)cc1Cl. The van der Waals surface area contributed by atoms with Crippen molar-refractivity contribution in [3.8, 4) is 0 Å². The lowest BCUT2D eigenvalue weighted by Crippen LogP contribution is -2.29. The fraction of sp³-hybridized carbons (Fsp3) is 0.111. The van der Waals surface area contributed by atoms with Crippen molar-refractivity contribution in [1.82, 2.24) is 0 Å². The molecule has 0 aliphatic carbocycles. The van der Waals surface area contributed by atoms with Crippen LogP contribution in [0.3, 0.4) is 0 Å². The third kappa shape index (κ3) is 3.97. The van der Waals surface area contributed by atoms with Gasteiger partial charge in [-0.05, 0) is 42.6 Å². The van der Waals surface area contributed by atoms with E-state index in [-0.39, 0.29) is 10.7 Å². The van der Waals surface area contributed by atoms with Gasteiger partial charge in [-0.1, -0.05) is 29.8 Å². The number of anilines is 1. The Bertz CT molecular complexity index is 923. The zero-order valence-electron chi connectivity index (χ0n) is 13.1. The normalized spacial score (nSPS) is 12.0. The average molecular weight is 378 g/mol. The monoisotopic (exact) mass is 377 g/mol. The first-order chi connectivity index (χ1) is 11.9. The summed E-state index contributed by atoms with van der Waals surface area (Å²) in [6, 6.07) is 12.9. The first-order valence-electron chi connectivity index (χ1n) is 7.39. The van der Waals surface area contributed by atoms with Gasteiger partial charge in [-0.25, -0.2) is 9.18 Å². The van der Waals surface area contributed by atoms with Crippen molar-refractivity contribution < 1.29 is 18.7 Å². The van der Waals surface area contributed by atoms with Gasteiger partial charge in [-0.15, -0.1) is 11.3 Å². The van der Waals surface area contributed by atoms with Crippen LogP contribution in [0.2, 0.25) is 5.02 Å². The number of ether oxygens (including phenoxy) is 1. The minimum atomic E-state index is -1.03. The number of nitrogens with one attached hydrogen (secondary N) is 1. The summed E-state index contributed by atoms with van der Waals surface area (Å²) in [6.45, 7) is 1.46. The molecular weight excluding hydrogens is 365 g/mol. The van der Waals surface area contributed by atoms with Crippen LogP contribution in [0.25, 0.3) is 10.1 Å². The highest BCUT2D eigenvalue weighted by Gasteiger charge is 2.21. The first-order valence-corrected chi connectivity index (χ1v) is 8.59. The van der Waals surface area contributed by atoms with E-state index in [9.17, 15) is 14.0 Å². The molecule has 0 radical (unpaired) electrons. The van der Waals surface area contributed by atoms with E-state index in [0.29, 0.717) is 4.88 Å². The third-order valence-electron chi connectivity index (χ3n) is 3.47. The molecule has 0 spiro atoms. The Morgan fingerprint density at radius 2 is 1.96 bits per heavy atom. The molecule has 25 heavy (non-hydrogen) atoms. The summed E-state index contributed by atoms with van der Waals surface area (Å²) in [5.41, 5.74) is 0.248. The molecule has 1 amide bonds. The highest BCUT2D eigenvalue weighted by molar-refractivity contribution is 7.20. The Kier molecular flexibility index (Phi) is 5.01. The van der Waals surface area contributed by atoms with Crippen LogP contribution < -0.4 is 5.32 Å². The lowest BCUT2D eigenvalue weighted by molar-refractivity contribution is -0.123. The Labute approximate surface area is 152 Å². The van der Waals surface area contributed by atoms with Gasteiger partial charge in [-0.2, -0.15) is 0 Å². The molecule has 0 aliphatic heterocycles. The van der Waals surface area contributed by atoms with Crippen LogP contribution in [0.5, 0.6) is 0 Å². The number of amides is 1. The van der Waals surface area contributed by atoms with Gasteiger partial charge in [0, 0.05) is 4.70 Å². The fourth-order valence-corrected chi connectivity index (χ4v) is 3.34. The molecule has 0 saturated heterocycles. The number of hydrogen-bond donors (Lipinski definition) is 1. The minimum Gasteiger partial charge on any atom is -0.448 e. The smallest absolute Gasteiger partial charge is 0.349 e. The van der Waals surface area contributed by atoms with Crippen LogP contribution in [-0.4, -0.2) is 18.0 Å². The summed E-state index contributed by atoms with van der Waals surface area (Å²) >= 11 is 7.16. The summed E-state index contributed by atoms with van der Waals surface area (Å²) in [7, 11) is 0. The van der Waals surface area contributed by atoms with E-state index in [1.54, 1.807) is 6.07 Å². The number of esters is 1. The molecule has 0 bridgehead atoms. The molecule has 3 rings (SSSR count). The summed E-state index contributed by atoms with van der Waals surface area (Å²) in [5, 5.41) is 3.51. The molecule has 1 atom stereocenters. The van der Waals surface area contributed by atoms with Gasteiger partial charge in [0.1, 0.15) is 10.7 Å². The number of thiophene rings is 1. The van der Waals surface area contributed by atoms with Crippen LogP contribution in [-0.2, 0) is 9.53 Å². The second-order valence-electron chi connectivity index (χ2n) is 5.31. The molecule has 3 aromatic rings. The predicted octanol–water partition coefficient (Wildman–Crippen LogP) is 4.88. The fourth-order valence-electron chi connectivity index (χ4n) is 2.18. The molecule has 2 aromatic carbocycles. The van der Waals surface area contributed by atoms with Crippen molar-refractivity contribution in [2.45, 2.75) is 13.0 Å². The van der Waals surface area contributed by atoms with Crippen LogP contribution in [0.4, 0.5) is 10.1 Å². The molecule has 0 saturated carbocycles. The van der Waals surface area contributed by atoms with Crippen molar-refractivity contribution >= 4 is 50.6 Å². The number of fused-ring (bicyclic) bond motifs is 1. The van der Waals surface area contributed by atoms with Gasteiger partial charge >= 0.3 is 5.97 Å². The largest absolute Gasteiger partial charge is 0.448 e. The molecule has 0 aliphatic rings. The van der Waals surface area contributed by atoms with Crippen LogP contribution >= 0.6 is 22.9 Å². The van der Waals surface area contributed by atoms with Gasteiger partial charge < -0.3 is 10.1 Å². The molecule has 1 heterocycles. The van der Waals surface area contributed by atoms with Crippen molar-refractivity contribution in [3.63, 3.8) is 0 Å². The van der Waals surface area contributed by atoms with Gasteiger partial charge in [0.2, 0.25) is 0 Å². The van der Waals surface area contributed by atoms with Crippen LogP contribution in [0.1, 0.15) is 16.6 Å². The lowest BCUT2D eigenvalue weighted by Gasteiger charge is -2.13. The van der Waals surface area contributed by atoms with Gasteiger partial charge in [-0.3, -0.25) is 4.79 Å². The summed E-state index contributed by atoms with van der Waals surface area (Å²) in [4.78, 5) is 24.8. The highest BCUT2D eigenvalue weighted by Crippen LogP contribution is 2.26. The topological polar surface area (TPSA) is 55.4 Å². The number of hydrogen-bond acceptors (Lipinski definition) is 4. The number of rotatable bonds is 4. The van der Waals surface area contributed by atoms with Crippen molar-refractivity contribution in [1.29, 1.82) is 0 Å². The third-order valence-corrected chi connectivity index (χ3v) is 4.88. The van der Waals surface area contributed by atoms with Gasteiger partial charge in [0.05, 0.1) is 10.7 Å². The van der Waals surface area contributed by atoms with Crippen molar-refractivity contribution in [2.24, 2.45) is 0 Å². The van der Waals surface area contributed by atoms with E-state index in [2.05, 4.69) is 5.32 Å². The highest BCUT2D eigenvalue weighted by atomic mass is 35.5. The Balaban J connectivity index is 1.67. The zero-order chi connectivity index (χ0) is 18.0. The van der Waals surface area contributed by atoms with Crippen LogP contribution in [0, 0.1) is 5.82 Å². The molecule has 1 aromatic heterocycles. The van der Waals surface area contributed by atoms with Crippen molar-refractivity contribution in [2.75, 3.05) is 5.32 Å². The standard InChI is InChI=1S/C18H13ClFNO3S/c1-10(17(22)21-14-7-6-12(20)9-13(14)19)24-18(23)16-8-11-4-2-3-5-15(11)25-16/h2-10H,1H3,(H,21,22)/t10-/m1/s1. The first kappa shape index (κ1) is 17.4. The van der Waals surface area contributed by atoms with Gasteiger partial charge in [0.15, 0.2) is 6.10 Å². The molecular formula is C18H13ClFNO3S. The minimum absolute atomic E-state index is 0.0661. The quantitative estimate of drug-likeness (QED) is 0.659. The summed E-state index contributed by atoms with van der Waals surface area (Å²) in [5.74, 6) is -1.63. The summed E-state index contributed by atoms with van der Waals surface area (Å²) < 4.78 is 19.2. The maximum atomic E-state index is 13.0. The number of carbonyl (C=O) groups excluding carboxylic acids is 2. The van der Waals surface area contributed by atoms with E-state index in [1.807, 2.05) is 24.3 Å². The molecule has 0 fully saturated rings. The second kappa shape index (κ2) is 7.21. The summed E-state index contributed by atoms with van der Waals surface area (Å²) in [6.07, 6.45) is -1.03. The second-order valence-corrected chi connectivity index (χ2v) is 6.80. The Morgan fingerprint density at radius 3 is 2.68 bits per heavy atom. The van der Waals surface area contributed by atoms with Crippen LogP contribution in [0.15, 0.2) is 48.5 Å². The van der Waals surface area contributed by atoms with Crippen molar-refractivity contribution in [3.05, 3.63) is 64.2 Å². The van der Waals surface area contributed by atoms with E-state index in [0.717, 1.165) is 16.2 Å². The Hall–Kier alpha value is -2.44. The number of halogens is 2. The molecule has 0 unspecified atom stereocenters. The predicted molar refractivity (Wildman–Crippen MR) is 96.7 cm³/mol.